The van der Waals surface area contributed by atoms with Crippen LogP contribution in [0.4, 0.5) is 13.2 Å². The fourth-order valence-electron chi connectivity index (χ4n) is 4.02. The molecule has 1 fully saturated rings. The van der Waals surface area contributed by atoms with E-state index in [0.29, 0.717) is 36.5 Å². The van der Waals surface area contributed by atoms with E-state index in [1.807, 2.05) is 35.2 Å². The molecule has 0 unspecified atom stereocenters. The van der Waals surface area contributed by atoms with Gasteiger partial charge in [0.1, 0.15) is 0 Å². The third-order valence-electron chi connectivity index (χ3n) is 5.55. The van der Waals surface area contributed by atoms with Gasteiger partial charge in [-0.25, -0.2) is 0 Å². The monoisotopic (exact) mass is 425 g/mol. The molecule has 1 amide bonds. The van der Waals surface area contributed by atoms with Crippen LogP contribution in [-0.4, -0.2) is 33.9 Å². The van der Waals surface area contributed by atoms with Crippen LogP contribution in [0, 0.1) is 0 Å². The molecule has 2 aromatic carbocycles. The lowest BCUT2D eigenvalue weighted by Gasteiger charge is -2.33. The summed E-state index contributed by atoms with van der Waals surface area (Å²) < 4.78 is 39.5. The lowest BCUT2D eigenvalue weighted by molar-refractivity contribution is -0.137. The summed E-state index contributed by atoms with van der Waals surface area (Å²) in [5, 5.41) is 0. The molecule has 0 aliphatic carbocycles. The summed E-state index contributed by atoms with van der Waals surface area (Å²) in [6.45, 7) is 1.15. The molecule has 1 saturated heterocycles. The minimum Gasteiger partial charge on any atom is -0.342 e. The molecule has 0 radical (unpaired) electrons. The third-order valence-corrected chi connectivity index (χ3v) is 5.55. The van der Waals surface area contributed by atoms with Gasteiger partial charge in [0.25, 0.3) is 0 Å². The van der Waals surface area contributed by atoms with Gasteiger partial charge in [-0.2, -0.15) is 13.2 Å². The highest BCUT2D eigenvalue weighted by atomic mass is 19.4. The topological polar surface area (TPSA) is 46.1 Å². The SMILES string of the molecule is O=C(Cc1ccccc1)N1CCC[C@@H](c2nccnc2-c2cccc(C(F)(F)F)c2)C1. The van der Waals surface area contributed by atoms with Crippen LogP contribution >= 0.6 is 0 Å². The summed E-state index contributed by atoms with van der Waals surface area (Å²) >= 11 is 0. The highest BCUT2D eigenvalue weighted by Crippen LogP contribution is 2.35. The summed E-state index contributed by atoms with van der Waals surface area (Å²) in [5.41, 5.74) is 1.70. The maximum Gasteiger partial charge on any atom is 0.416 e. The number of piperidine rings is 1. The summed E-state index contributed by atoms with van der Waals surface area (Å²) in [7, 11) is 0. The van der Waals surface area contributed by atoms with Gasteiger partial charge in [-0.3, -0.25) is 14.8 Å². The third kappa shape index (κ3) is 4.93. The van der Waals surface area contributed by atoms with E-state index in [2.05, 4.69) is 9.97 Å². The molecule has 7 heteroatoms. The van der Waals surface area contributed by atoms with Crippen LogP contribution in [0.1, 0.15) is 35.6 Å². The van der Waals surface area contributed by atoms with Gasteiger partial charge >= 0.3 is 6.18 Å². The van der Waals surface area contributed by atoms with E-state index in [1.165, 1.54) is 12.3 Å². The molecule has 1 aromatic heterocycles. The Morgan fingerprint density at radius 3 is 2.58 bits per heavy atom. The number of carbonyl (C=O) groups excluding carboxylic acids is 1. The quantitative estimate of drug-likeness (QED) is 0.584. The van der Waals surface area contributed by atoms with Gasteiger partial charge in [0.15, 0.2) is 0 Å². The molecule has 1 aliphatic heterocycles. The Balaban J connectivity index is 1.57. The normalized spacial score (nSPS) is 16.9. The predicted molar refractivity (Wildman–Crippen MR) is 111 cm³/mol. The number of hydrogen-bond donors (Lipinski definition) is 0. The van der Waals surface area contributed by atoms with Crippen molar-refractivity contribution in [2.75, 3.05) is 13.1 Å². The smallest absolute Gasteiger partial charge is 0.342 e. The molecule has 4 nitrogen and oxygen atoms in total. The Labute approximate surface area is 178 Å². The van der Waals surface area contributed by atoms with Crippen LogP contribution in [-0.2, 0) is 17.4 Å². The lowest BCUT2D eigenvalue weighted by atomic mass is 9.91. The van der Waals surface area contributed by atoms with Crippen molar-refractivity contribution in [3.05, 3.63) is 83.8 Å². The van der Waals surface area contributed by atoms with Crippen molar-refractivity contribution in [1.82, 2.24) is 14.9 Å². The minimum atomic E-state index is -4.43. The highest BCUT2D eigenvalue weighted by molar-refractivity contribution is 5.79. The second-order valence-corrected chi connectivity index (χ2v) is 7.71. The van der Waals surface area contributed by atoms with Gasteiger partial charge in [0.2, 0.25) is 5.91 Å². The molecular weight excluding hydrogens is 403 g/mol. The van der Waals surface area contributed by atoms with Crippen molar-refractivity contribution in [3.8, 4) is 11.3 Å². The minimum absolute atomic E-state index is 0.0420. The molecule has 0 spiro atoms. The first kappa shape index (κ1) is 21.0. The molecule has 0 bridgehead atoms. The van der Waals surface area contributed by atoms with Crippen LogP contribution < -0.4 is 0 Å². The van der Waals surface area contributed by atoms with E-state index in [1.54, 1.807) is 12.3 Å². The summed E-state index contributed by atoms with van der Waals surface area (Å²) in [6, 6.07) is 14.7. The first-order valence-electron chi connectivity index (χ1n) is 10.2. The molecular formula is C24H22F3N3O. The van der Waals surface area contributed by atoms with E-state index < -0.39 is 11.7 Å². The Bertz CT molecular complexity index is 1050. The Hall–Kier alpha value is -3.22. The average Bonchev–Trinajstić information content (AvgIpc) is 2.79. The van der Waals surface area contributed by atoms with E-state index in [4.69, 9.17) is 0 Å². The second kappa shape index (κ2) is 8.88. The standard InChI is InChI=1S/C24H22F3N3O/c25-24(26,27)20-10-4-8-18(15-20)22-23(29-12-11-28-22)19-9-5-13-30(16-19)21(31)14-17-6-2-1-3-7-17/h1-4,6-8,10-12,15,19H,5,9,13-14,16H2/t19-/m1/s1. The summed E-state index contributed by atoms with van der Waals surface area (Å²) in [5.74, 6) is -0.0351. The van der Waals surface area contributed by atoms with Gasteiger partial charge in [-0.1, -0.05) is 42.5 Å². The number of aromatic nitrogens is 2. The van der Waals surface area contributed by atoms with Gasteiger partial charge in [-0.05, 0) is 30.5 Å². The van der Waals surface area contributed by atoms with Crippen LogP contribution in [0.2, 0.25) is 0 Å². The number of nitrogens with zero attached hydrogens (tertiary/aromatic N) is 3. The van der Waals surface area contributed by atoms with Crippen molar-refractivity contribution >= 4 is 5.91 Å². The maximum atomic E-state index is 13.2. The zero-order valence-electron chi connectivity index (χ0n) is 16.8. The molecule has 0 N–H and O–H groups in total. The first-order valence-corrected chi connectivity index (χ1v) is 10.2. The van der Waals surface area contributed by atoms with Crippen molar-refractivity contribution in [2.45, 2.75) is 31.4 Å². The average molecular weight is 425 g/mol. The predicted octanol–water partition coefficient (Wildman–Crippen LogP) is 5.11. The van der Waals surface area contributed by atoms with Gasteiger partial charge in [0, 0.05) is 37.0 Å². The molecule has 2 heterocycles. The highest BCUT2D eigenvalue weighted by Gasteiger charge is 2.32. The zero-order chi connectivity index (χ0) is 21.8. The van der Waals surface area contributed by atoms with Gasteiger partial charge < -0.3 is 4.90 Å². The number of carbonyl (C=O) groups is 1. The molecule has 1 atom stereocenters. The molecule has 160 valence electrons. The number of hydrogen-bond acceptors (Lipinski definition) is 3. The summed E-state index contributed by atoms with van der Waals surface area (Å²) in [6.07, 6.45) is 0.555. The number of halogens is 3. The van der Waals surface area contributed by atoms with E-state index in [9.17, 15) is 18.0 Å². The van der Waals surface area contributed by atoms with Crippen LogP contribution in [0.5, 0.6) is 0 Å². The number of alkyl halides is 3. The van der Waals surface area contributed by atoms with E-state index in [0.717, 1.165) is 30.5 Å². The molecule has 31 heavy (non-hydrogen) atoms. The Morgan fingerprint density at radius 1 is 1.03 bits per heavy atom. The molecule has 3 aromatic rings. The molecule has 4 rings (SSSR count). The Kier molecular flexibility index (Phi) is 6.02. The largest absolute Gasteiger partial charge is 0.416 e. The van der Waals surface area contributed by atoms with Crippen molar-refractivity contribution in [1.29, 1.82) is 0 Å². The number of benzene rings is 2. The first-order chi connectivity index (χ1) is 14.9. The fraction of sp³-hybridized carbons (Fsp3) is 0.292. The van der Waals surface area contributed by atoms with Crippen molar-refractivity contribution < 1.29 is 18.0 Å². The molecule has 0 saturated carbocycles. The van der Waals surface area contributed by atoms with Gasteiger partial charge in [-0.15, -0.1) is 0 Å². The van der Waals surface area contributed by atoms with E-state index >= 15 is 0 Å². The summed E-state index contributed by atoms with van der Waals surface area (Å²) in [4.78, 5) is 23.5. The van der Waals surface area contributed by atoms with Crippen molar-refractivity contribution in [3.63, 3.8) is 0 Å². The second-order valence-electron chi connectivity index (χ2n) is 7.71. The number of rotatable bonds is 4. The van der Waals surface area contributed by atoms with Gasteiger partial charge in [0.05, 0.1) is 23.4 Å². The Morgan fingerprint density at radius 2 is 1.81 bits per heavy atom. The molecule has 1 aliphatic rings. The number of likely N-dealkylation sites (tertiary alicyclic amines) is 1. The van der Waals surface area contributed by atoms with Crippen LogP contribution in [0.3, 0.4) is 0 Å². The number of amides is 1. The fourth-order valence-corrected chi connectivity index (χ4v) is 4.02. The van der Waals surface area contributed by atoms with Crippen LogP contribution in [0.15, 0.2) is 67.0 Å². The van der Waals surface area contributed by atoms with Crippen LogP contribution in [0.25, 0.3) is 11.3 Å². The zero-order valence-corrected chi connectivity index (χ0v) is 16.8. The lowest BCUT2D eigenvalue weighted by Crippen LogP contribution is -2.40. The van der Waals surface area contributed by atoms with Crippen molar-refractivity contribution in [2.24, 2.45) is 0 Å². The maximum absolute atomic E-state index is 13.2. The van der Waals surface area contributed by atoms with E-state index in [-0.39, 0.29) is 11.8 Å².